The Morgan fingerprint density at radius 1 is 1.53 bits per heavy atom. The molecule has 0 bridgehead atoms. The van der Waals surface area contributed by atoms with Crippen LogP contribution in [0, 0.1) is 18.3 Å². The Morgan fingerprint density at radius 3 is 2.94 bits per heavy atom. The van der Waals surface area contributed by atoms with E-state index in [9.17, 15) is 0 Å². The SMILES string of the molecule is [CH2]C(C)C1(Cn2cnc3cnc(N)nc32)CC1. The van der Waals surface area contributed by atoms with E-state index in [1.54, 1.807) is 6.20 Å². The van der Waals surface area contributed by atoms with Gasteiger partial charge >= 0.3 is 0 Å². The number of nitrogen functional groups attached to an aromatic ring is 1. The van der Waals surface area contributed by atoms with Crippen molar-refractivity contribution in [3.8, 4) is 0 Å². The van der Waals surface area contributed by atoms with E-state index in [0.717, 1.165) is 17.7 Å². The maximum absolute atomic E-state index is 5.62. The quantitative estimate of drug-likeness (QED) is 0.870. The summed E-state index contributed by atoms with van der Waals surface area (Å²) in [7, 11) is 0. The molecule has 89 valence electrons. The summed E-state index contributed by atoms with van der Waals surface area (Å²) in [6.07, 6.45) is 5.96. The van der Waals surface area contributed by atoms with Crippen LogP contribution in [0.15, 0.2) is 12.5 Å². The molecule has 1 saturated carbocycles. The first kappa shape index (κ1) is 10.5. The van der Waals surface area contributed by atoms with Crippen LogP contribution in [0.3, 0.4) is 0 Å². The third kappa shape index (κ3) is 1.66. The Balaban J connectivity index is 1.98. The predicted octanol–water partition coefficient (Wildman–Crippen LogP) is 1.66. The Morgan fingerprint density at radius 2 is 2.29 bits per heavy atom. The minimum atomic E-state index is 0.298. The molecule has 0 aliphatic heterocycles. The highest BCUT2D eigenvalue weighted by Crippen LogP contribution is 2.53. The summed E-state index contributed by atoms with van der Waals surface area (Å²) in [5.74, 6) is 0.742. The maximum atomic E-state index is 5.62. The molecule has 1 fully saturated rings. The van der Waals surface area contributed by atoms with Gasteiger partial charge in [0.1, 0.15) is 5.52 Å². The van der Waals surface area contributed by atoms with Crippen molar-refractivity contribution < 1.29 is 0 Å². The molecule has 1 unspecified atom stereocenters. The zero-order valence-electron chi connectivity index (χ0n) is 9.93. The highest BCUT2D eigenvalue weighted by atomic mass is 15.1. The molecule has 0 aromatic carbocycles. The van der Waals surface area contributed by atoms with E-state index in [1.165, 1.54) is 12.8 Å². The van der Waals surface area contributed by atoms with Crippen LogP contribution < -0.4 is 5.73 Å². The fourth-order valence-electron chi connectivity index (χ4n) is 2.29. The Labute approximate surface area is 100 Å². The van der Waals surface area contributed by atoms with Crippen molar-refractivity contribution in [1.82, 2.24) is 19.5 Å². The molecule has 1 aliphatic carbocycles. The minimum Gasteiger partial charge on any atom is -0.368 e. The first-order chi connectivity index (χ1) is 8.11. The molecule has 1 atom stereocenters. The number of hydrogen-bond acceptors (Lipinski definition) is 4. The first-order valence-electron chi connectivity index (χ1n) is 5.87. The Bertz CT molecular complexity index is 553. The van der Waals surface area contributed by atoms with Gasteiger partial charge in [-0.25, -0.2) is 9.97 Å². The number of rotatable bonds is 3. The number of imidazole rings is 1. The zero-order valence-corrected chi connectivity index (χ0v) is 9.93. The van der Waals surface area contributed by atoms with Crippen molar-refractivity contribution in [2.24, 2.45) is 11.3 Å². The Hall–Kier alpha value is -1.65. The van der Waals surface area contributed by atoms with E-state index in [0.29, 0.717) is 17.3 Å². The smallest absolute Gasteiger partial charge is 0.222 e. The van der Waals surface area contributed by atoms with Crippen molar-refractivity contribution in [2.45, 2.75) is 26.3 Å². The molecule has 0 amide bonds. The number of aromatic nitrogens is 4. The summed E-state index contributed by atoms with van der Waals surface area (Å²) in [5, 5.41) is 0. The standard InChI is InChI=1S/C12H16N5/c1-8(2)12(3-4-12)6-17-7-15-9-5-14-11(13)16-10(9)17/h5,7-8H,1,3-4,6H2,2H3,(H2,13,14,16). The van der Waals surface area contributed by atoms with Crippen molar-refractivity contribution in [1.29, 1.82) is 0 Å². The van der Waals surface area contributed by atoms with Gasteiger partial charge in [-0.15, -0.1) is 0 Å². The zero-order chi connectivity index (χ0) is 12.0. The normalized spacial score (nSPS) is 17.8. The summed E-state index contributed by atoms with van der Waals surface area (Å²) < 4.78 is 2.07. The van der Waals surface area contributed by atoms with Crippen molar-refractivity contribution in [2.75, 3.05) is 5.73 Å². The average Bonchev–Trinajstić information content (AvgIpc) is 2.97. The monoisotopic (exact) mass is 230 g/mol. The van der Waals surface area contributed by atoms with Gasteiger partial charge in [0.15, 0.2) is 5.65 Å². The number of nitrogens with zero attached hydrogens (tertiary/aromatic N) is 4. The average molecular weight is 230 g/mol. The van der Waals surface area contributed by atoms with Gasteiger partial charge in [-0.05, 0) is 31.1 Å². The molecule has 0 saturated heterocycles. The topological polar surface area (TPSA) is 69.6 Å². The van der Waals surface area contributed by atoms with Crippen LogP contribution in [0.25, 0.3) is 11.2 Å². The summed E-state index contributed by atoms with van der Waals surface area (Å²) in [6, 6.07) is 0. The van der Waals surface area contributed by atoms with Crippen molar-refractivity contribution in [3.63, 3.8) is 0 Å². The van der Waals surface area contributed by atoms with Gasteiger partial charge in [-0.2, -0.15) is 4.98 Å². The van der Waals surface area contributed by atoms with Crippen LogP contribution >= 0.6 is 0 Å². The van der Waals surface area contributed by atoms with E-state index in [-0.39, 0.29) is 0 Å². The van der Waals surface area contributed by atoms with Gasteiger partial charge in [-0.3, -0.25) is 0 Å². The second kappa shape index (κ2) is 3.42. The van der Waals surface area contributed by atoms with Crippen molar-refractivity contribution >= 4 is 17.1 Å². The van der Waals surface area contributed by atoms with Gasteiger partial charge in [0.25, 0.3) is 0 Å². The molecule has 0 spiro atoms. The first-order valence-corrected chi connectivity index (χ1v) is 5.87. The molecule has 2 N–H and O–H groups in total. The van der Waals surface area contributed by atoms with E-state index >= 15 is 0 Å². The van der Waals surface area contributed by atoms with Crippen LogP contribution in [0.1, 0.15) is 19.8 Å². The molecule has 1 radical (unpaired) electrons. The van der Waals surface area contributed by atoms with Gasteiger partial charge in [0, 0.05) is 6.54 Å². The van der Waals surface area contributed by atoms with Crippen LogP contribution in [-0.2, 0) is 6.54 Å². The molecule has 1 aliphatic rings. The third-order valence-electron chi connectivity index (χ3n) is 3.80. The van der Waals surface area contributed by atoms with Crippen LogP contribution in [0.4, 0.5) is 5.95 Å². The summed E-state index contributed by atoms with van der Waals surface area (Å²) in [5.41, 5.74) is 7.56. The lowest BCUT2D eigenvalue weighted by Gasteiger charge is -2.19. The van der Waals surface area contributed by atoms with Gasteiger partial charge in [-0.1, -0.05) is 6.92 Å². The highest BCUT2D eigenvalue weighted by molar-refractivity contribution is 5.70. The number of anilines is 1. The second-order valence-electron chi connectivity index (χ2n) is 5.07. The molecule has 2 aromatic heterocycles. The minimum absolute atomic E-state index is 0.298. The number of fused-ring (bicyclic) bond motifs is 1. The van der Waals surface area contributed by atoms with Crippen LogP contribution in [0.5, 0.6) is 0 Å². The summed E-state index contributed by atoms with van der Waals surface area (Å²) >= 11 is 0. The highest BCUT2D eigenvalue weighted by Gasteiger charge is 2.45. The molecule has 2 aromatic rings. The van der Waals surface area contributed by atoms with Crippen molar-refractivity contribution in [3.05, 3.63) is 19.4 Å². The number of nitrogens with two attached hydrogens (primary N) is 1. The lowest BCUT2D eigenvalue weighted by molar-refractivity contribution is 0.338. The summed E-state index contributed by atoms with van der Waals surface area (Å²) in [4.78, 5) is 12.5. The maximum Gasteiger partial charge on any atom is 0.222 e. The lowest BCUT2D eigenvalue weighted by Crippen LogP contribution is -2.17. The predicted molar refractivity (Wildman–Crippen MR) is 65.9 cm³/mol. The Kier molecular flexibility index (Phi) is 2.11. The molecule has 5 heteroatoms. The molecule has 3 rings (SSSR count). The molecular formula is C12H16N5. The molecule has 17 heavy (non-hydrogen) atoms. The lowest BCUT2D eigenvalue weighted by atomic mass is 9.92. The van der Waals surface area contributed by atoms with E-state index in [4.69, 9.17) is 5.73 Å². The van der Waals surface area contributed by atoms with Gasteiger partial charge < -0.3 is 10.3 Å². The van der Waals surface area contributed by atoms with E-state index < -0.39 is 0 Å². The van der Waals surface area contributed by atoms with E-state index in [2.05, 4.69) is 33.4 Å². The summed E-state index contributed by atoms with van der Waals surface area (Å²) in [6.45, 7) is 7.26. The van der Waals surface area contributed by atoms with Gasteiger partial charge in [0.2, 0.25) is 5.95 Å². The molecule has 5 nitrogen and oxygen atoms in total. The molecular weight excluding hydrogens is 214 g/mol. The largest absolute Gasteiger partial charge is 0.368 e. The fourth-order valence-corrected chi connectivity index (χ4v) is 2.29. The third-order valence-corrected chi connectivity index (χ3v) is 3.80. The second-order valence-corrected chi connectivity index (χ2v) is 5.07. The number of hydrogen-bond donors (Lipinski definition) is 1. The molecule has 2 heterocycles. The van der Waals surface area contributed by atoms with E-state index in [1.807, 2.05) is 6.33 Å². The van der Waals surface area contributed by atoms with Crippen LogP contribution in [-0.4, -0.2) is 19.5 Å². The van der Waals surface area contributed by atoms with Crippen LogP contribution in [0.2, 0.25) is 0 Å². The fraction of sp³-hybridized carbons (Fsp3) is 0.500. The van der Waals surface area contributed by atoms with Gasteiger partial charge in [0.05, 0.1) is 12.5 Å².